The number of nitrogens with one attached hydrogen (secondary N) is 1. The minimum atomic E-state index is -0.546. The highest BCUT2D eigenvalue weighted by Gasteiger charge is 2.23. The Morgan fingerprint density at radius 2 is 1.88 bits per heavy atom. The van der Waals surface area contributed by atoms with Gasteiger partial charge in [-0.2, -0.15) is 0 Å². The van der Waals surface area contributed by atoms with Crippen molar-refractivity contribution in [3.05, 3.63) is 35.4 Å². The van der Waals surface area contributed by atoms with E-state index in [0.29, 0.717) is 24.4 Å². The number of benzene rings is 1. The molecular weight excluding hydrogens is 326 g/mol. The van der Waals surface area contributed by atoms with E-state index < -0.39 is 11.6 Å². The molecular formula is C19H26F2N2O2. The summed E-state index contributed by atoms with van der Waals surface area (Å²) in [6.45, 7) is 3.62. The number of carbonyl (C=O) groups excluding carboxylic acids is 1. The molecule has 1 aromatic carbocycles. The molecule has 2 heterocycles. The van der Waals surface area contributed by atoms with Crippen molar-refractivity contribution < 1.29 is 18.3 Å². The van der Waals surface area contributed by atoms with Gasteiger partial charge in [0.15, 0.2) is 0 Å². The van der Waals surface area contributed by atoms with Crippen molar-refractivity contribution in [2.75, 3.05) is 26.3 Å². The fourth-order valence-corrected chi connectivity index (χ4v) is 3.63. The van der Waals surface area contributed by atoms with Gasteiger partial charge in [0, 0.05) is 43.9 Å². The van der Waals surface area contributed by atoms with Gasteiger partial charge in [-0.15, -0.1) is 0 Å². The van der Waals surface area contributed by atoms with Gasteiger partial charge in [-0.25, -0.2) is 8.78 Å². The summed E-state index contributed by atoms with van der Waals surface area (Å²) in [5.74, 6) is -0.516. The molecule has 2 saturated heterocycles. The Morgan fingerprint density at radius 1 is 1.16 bits per heavy atom. The molecule has 1 N–H and O–H groups in total. The number of ether oxygens (including phenoxy) is 1. The van der Waals surface area contributed by atoms with Gasteiger partial charge < -0.3 is 10.1 Å². The third kappa shape index (κ3) is 5.47. The fraction of sp³-hybridized carbons (Fsp3) is 0.632. The first-order valence-electron chi connectivity index (χ1n) is 9.13. The molecule has 6 heteroatoms. The molecule has 25 heavy (non-hydrogen) atoms. The predicted molar refractivity (Wildman–Crippen MR) is 91.0 cm³/mol. The topological polar surface area (TPSA) is 41.6 Å². The van der Waals surface area contributed by atoms with Gasteiger partial charge in [-0.05, 0) is 50.8 Å². The number of hydrogen-bond acceptors (Lipinski definition) is 3. The zero-order valence-corrected chi connectivity index (χ0v) is 14.5. The molecule has 0 bridgehead atoms. The molecule has 2 aliphatic heterocycles. The third-order valence-electron chi connectivity index (χ3n) is 5.18. The molecule has 138 valence electrons. The summed E-state index contributed by atoms with van der Waals surface area (Å²) in [7, 11) is 0. The van der Waals surface area contributed by atoms with E-state index in [9.17, 15) is 13.6 Å². The van der Waals surface area contributed by atoms with Crippen molar-refractivity contribution in [3.63, 3.8) is 0 Å². The van der Waals surface area contributed by atoms with Crippen molar-refractivity contribution in [1.82, 2.24) is 10.2 Å². The third-order valence-corrected chi connectivity index (χ3v) is 5.18. The number of carbonyl (C=O) groups is 1. The van der Waals surface area contributed by atoms with Gasteiger partial charge in [0.25, 0.3) is 0 Å². The van der Waals surface area contributed by atoms with Gasteiger partial charge in [-0.1, -0.05) is 6.07 Å². The van der Waals surface area contributed by atoms with Gasteiger partial charge in [0.2, 0.25) is 5.91 Å². The first-order valence-corrected chi connectivity index (χ1v) is 9.13. The Morgan fingerprint density at radius 3 is 2.56 bits per heavy atom. The fourth-order valence-electron chi connectivity index (χ4n) is 3.63. The number of nitrogens with zero attached hydrogens (tertiary/aromatic N) is 1. The summed E-state index contributed by atoms with van der Waals surface area (Å²) in [4.78, 5) is 14.3. The summed E-state index contributed by atoms with van der Waals surface area (Å²) in [5.41, 5.74) is 0.525. The lowest BCUT2D eigenvalue weighted by Gasteiger charge is -2.32. The Kier molecular flexibility index (Phi) is 6.37. The van der Waals surface area contributed by atoms with E-state index in [1.54, 1.807) is 0 Å². The molecule has 4 nitrogen and oxygen atoms in total. The normalized spacial score (nSPS) is 20.6. The van der Waals surface area contributed by atoms with Crippen LogP contribution in [0.5, 0.6) is 0 Å². The maximum absolute atomic E-state index is 13.7. The van der Waals surface area contributed by atoms with Crippen LogP contribution >= 0.6 is 0 Å². The largest absolute Gasteiger partial charge is 0.381 e. The van der Waals surface area contributed by atoms with Gasteiger partial charge >= 0.3 is 0 Å². The van der Waals surface area contributed by atoms with Crippen molar-refractivity contribution in [3.8, 4) is 0 Å². The van der Waals surface area contributed by atoms with Gasteiger partial charge in [0.05, 0.1) is 0 Å². The number of hydrogen-bond donors (Lipinski definition) is 1. The van der Waals surface area contributed by atoms with Crippen LogP contribution in [0.3, 0.4) is 0 Å². The molecule has 0 aromatic heterocycles. The second-order valence-electron chi connectivity index (χ2n) is 7.11. The molecule has 0 spiro atoms. The van der Waals surface area contributed by atoms with E-state index in [0.717, 1.165) is 58.1 Å². The number of amides is 1. The van der Waals surface area contributed by atoms with E-state index in [-0.39, 0.29) is 11.9 Å². The smallest absolute Gasteiger partial charge is 0.220 e. The zero-order valence-electron chi connectivity index (χ0n) is 14.5. The Balaban J connectivity index is 1.40. The second kappa shape index (κ2) is 8.72. The minimum absolute atomic E-state index is 0.134. The standard InChI is InChI=1S/C19H26F2N2O2/c20-16-2-1-15(18(21)12-16)13-23-7-3-14(4-8-23)11-19(24)22-17-5-9-25-10-6-17/h1-2,12,14,17H,3-11,13H2,(H,22,24). The molecule has 0 atom stereocenters. The highest BCUT2D eigenvalue weighted by atomic mass is 19.1. The van der Waals surface area contributed by atoms with Crippen LogP contribution in [0, 0.1) is 17.6 Å². The zero-order chi connectivity index (χ0) is 17.6. The molecule has 1 amide bonds. The lowest BCUT2D eigenvalue weighted by Crippen LogP contribution is -2.41. The molecule has 2 fully saturated rings. The molecule has 0 radical (unpaired) electrons. The van der Waals surface area contributed by atoms with Crippen LogP contribution in [0.4, 0.5) is 8.78 Å². The van der Waals surface area contributed by atoms with E-state index in [2.05, 4.69) is 10.2 Å². The quantitative estimate of drug-likeness (QED) is 0.886. The summed E-state index contributed by atoms with van der Waals surface area (Å²) >= 11 is 0. The van der Waals surface area contributed by atoms with Crippen LogP contribution in [0.2, 0.25) is 0 Å². The van der Waals surface area contributed by atoms with Crippen LogP contribution in [-0.2, 0) is 16.1 Å². The molecule has 0 unspecified atom stereocenters. The van der Waals surface area contributed by atoms with Crippen molar-refractivity contribution in [1.29, 1.82) is 0 Å². The number of likely N-dealkylation sites (tertiary alicyclic amines) is 1. The lowest BCUT2D eigenvalue weighted by molar-refractivity contribution is -0.123. The van der Waals surface area contributed by atoms with E-state index >= 15 is 0 Å². The highest BCUT2D eigenvalue weighted by molar-refractivity contribution is 5.76. The number of piperidine rings is 1. The van der Waals surface area contributed by atoms with E-state index in [4.69, 9.17) is 4.74 Å². The summed E-state index contributed by atoms with van der Waals surface area (Å²) in [6, 6.07) is 4.00. The maximum atomic E-state index is 13.7. The molecule has 3 rings (SSSR count). The first kappa shape index (κ1) is 18.3. The van der Waals surface area contributed by atoms with Crippen molar-refractivity contribution in [2.24, 2.45) is 5.92 Å². The number of halogens is 2. The molecule has 0 aliphatic carbocycles. The van der Waals surface area contributed by atoms with Crippen LogP contribution in [0.25, 0.3) is 0 Å². The van der Waals surface area contributed by atoms with Crippen LogP contribution in [-0.4, -0.2) is 43.2 Å². The predicted octanol–water partition coefficient (Wildman–Crippen LogP) is 2.86. The lowest BCUT2D eigenvalue weighted by atomic mass is 9.92. The average Bonchev–Trinajstić information content (AvgIpc) is 2.60. The van der Waals surface area contributed by atoms with Crippen molar-refractivity contribution >= 4 is 5.91 Å². The first-order chi connectivity index (χ1) is 12.1. The summed E-state index contributed by atoms with van der Waals surface area (Å²) in [6.07, 6.45) is 4.23. The van der Waals surface area contributed by atoms with Crippen LogP contribution < -0.4 is 5.32 Å². The van der Waals surface area contributed by atoms with Crippen LogP contribution in [0.1, 0.15) is 37.7 Å². The van der Waals surface area contributed by atoms with Gasteiger partial charge in [-0.3, -0.25) is 9.69 Å². The highest BCUT2D eigenvalue weighted by Crippen LogP contribution is 2.23. The molecule has 0 saturated carbocycles. The Hall–Kier alpha value is -1.53. The molecule has 2 aliphatic rings. The monoisotopic (exact) mass is 352 g/mol. The minimum Gasteiger partial charge on any atom is -0.381 e. The van der Waals surface area contributed by atoms with Gasteiger partial charge in [0.1, 0.15) is 11.6 Å². The van der Waals surface area contributed by atoms with Crippen molar-refractivity contribution in [2.45, 2.75) is 44.7 Å². The summed E-state index contributed by atoms with van der Waals surface area (Å²) < 4.78 is 32.0. The number of rotatable bonds is 5. The second-order valence-corrected chi connectivity index (χ2v) is 7.11. The van der Waals surface area contributed by atoms with Crippen LogP contribution in [0.15, 0.2) is 18.2 Å². The average molecular weight is 352 g/mol. The van der Waals surface area contributed by atoms with E-state index in [1.807, 2.05) is 0 Å². The Labute approximate surface area is 147 Å². The maximum Gasteiger partial charge on any atom is 0.220 e. The summed E-state index contributed by atoms with van der Waals surface area (Å²) in [5, 5.41) is 3.11. The SMILES string of the molecule is O=C(CC1CCN(Cc2ccc(F)cc2F)CC1)NC1CCOCC1. The molecule has 1 aromatic rings. The Bertz CT molecular complexity index is 583. The van der Waals surface area contributed by atoms with E-state index in [1.165, 1.54) is 12.1 Å².